The summed E-state index contributed by atoms with van der Waals surface area (Å²) in [6, 6.07) is 11.4. The van der Waals surface area contributed by atoms with E-state index in [-0.39, 0.29) is 11.5 Å². The van der Waals surface area contributed by atoms with Gasteiger partial charge in [0.2, 0.25) is 0 Å². The molecule has 0 aliphatic heterocycles. The van der Waals surface area contributed by atoms with Crippen LogP contribution in [0.5, 0.6) is 17.2 Å². The van der Waals surface area contributed by atoms with E-state index in [1.807, 2.05) is 0 Å². The third-order valence-electron chi connectivity index (χ3n) is 3.58. The molecule has 0 saturated carbocycles. The number of phenols is 2. The van der Waals surface area contributed by atoms with E-state index < -0.39 is 18.6 Å². The van der Waals surface area contributed by atoms with Crippen LogP contribution in [0.2, 0.25) is 0 Å². The minimum Gasteiger partial charge on any atom is -0.508 e. The average Bonchev–Trinajstić information content (AvgIpc) is 2.57. The predicted molar refractivity (Wildman–Crippen MR) is 87.6 cm³/mol. The van der Waals surface area contributed by atoms with Gasteiger partial charge in [-0.1, -0.05) is 30.4 Å². The van der Waals surface area contributed by atoms with Gasteiger partial charge in [-0.2, -0.15) is 0 Å². The van der Waals surface area contributed by atoms with Gasteiger partial charge in [0, 0.05) is 5.92 Å². The van der Waals surface area contributed by atoms with Crippen LogP contribution in [0.25, 0.3) is 6.08 Å². The molecular weight excluding hydrogens is 296 g/mol. The van der Waals surface area contributed by atoms with E-state index in [0.29, 0.717) is 11.3 Å². The molecule has 122 valence electrons. The highest BCUT2D eigenvalue weighted by molar-refractivity contribution is 5.53. The molecule has 2 atom stereocenters. The maximum atomic E-state index is 10.1. The normalized spacial score (nSPS) is 13.9. The molecule has 0 fully saturated rings. The second kappa shape index (κ2) is 7.67. The van der Waals surface area contributed by atoms with Gasteiger partial charge < -0.3 is 25.2 Å². The standard InChI is InChI=1S/C18H20O5/c1-23-18-10-13(5-9-16(18)21)15(17(22)11-19)8-4-12-2-6-14(20)7-3-12/h2-10,15,17,19-22H,11H2,1H3/t15-,17+/m0/s1. The number of methoxy groups -OCH3 is 1. The largest absolute Gasteiger partial charge is 0.508 e. The Bertz CT molecular complexity index is 664. The number of aromatic hydroxyl groups is 2. The predicted octanol–water partition coefficient (Wildman–Crippen LogP) is 2.26. The summed E-state index contributed by atoms with van der Waals surface area (Å²) < 4.78 is 5.08. The summed E-state index contributed by atoms with van der Waals surface area (Å²) in [5.74, 6) is 0.0207. The van der Waals surface area contributed by atoms with Crippen molar-refractivity contribution in [2.75, 3.05) is 13.7 Å². The van der Waals surface area contributed by atoms with Crippen molar-refractivity contribution < 1.29 is 25.2 Å². The van der Waals surface area contributed by atoms with Crippen molar-refractivity contribution in [3.63, 3.8) is 0 Å². The van der Waals surface area contributed by atoms with Crippen molar-refractivity contribution >= 4 is 6.08 Å². The van der Waals surface area contributed by atoms with Crippen LogP contribution in [0.3, 0.4) is 0 Å². The van der Waals surface area contributed by atoms with Crippen LogP contribution in [-0.2, 0) is 0 Å². The van der Waals surface area contributed by atoms with Gasteiger partial charge in [0.05, 0.1) is 19.8 Å². The highest BCUT2D eigenvalue weighted by Crippen LogP contribution is 2.32. The number of rotatable bonds is 6. The van der Waals surface area contributed by atoms with Gasteiger partial charge in [0.1, 0.15) is 5.75 Å². The van der Waals surface area contributed by atoms with E-state index in [4.69, 9.17) is 4.74 Å². The first-order valence-electron chi connectivity index (χ1n) is 7.18. The molecule has 2 rings (SSSR count). The molecule has 0 bridgehead atoms. The fourth-order valence-corrected chi connectivity index (χ4v) is 2.28. The van der Waals surface area contributed by atoms with Crippen LogP contribution >= 0.6 is 0 Å². The molecule has 0 unspecified atom stereocenters. The van der Waals surface area contributed by atoms with E-state index in [1.165, 1.54) is 13.2 Å². The van der Waals surface area contributed by atoms with Gasteiger partial charge in [-0.3, -0.25) is 0 Å². The molecule has 5 heteroatoms. The number of ether oxygens (including phenoxy) is 1. The third-order valence-corrected chi connectivity index (χ3v) is 3.58. The second-order valence-electron chi connectivity index (χ2n) is 5.16. The summed E-state index contributed by atoms with van der Waals surface area (Å²) in [5.41, 5.74) is 1.56. The van der Waals surface area contributed by atoms with Crippen molar-refractivity contribution in [1.82, 2.24) is 0 Å². The molecule has 0 amide bonds. The SMILES string of the molecule is COc1cc([C@H](C=Cc2ccc(O)cc2)[C@H](O)CO)ccc1O. The molecule has 0 spiro atoms. The van der Waals surface area contributed by atoms with Crippen molar-refractivity contribution in [2.45, 2.75) is 12.0 Å². The van der Waals surface area contributed by atoms with E-state index in [9.17, 15) is 20.4 Å². The zero-order chi connectivity index (χ0) is 16.8. The summed E-state index contributed by atoms with van der Waals surface area (Å²) in [7, 11) is 1.45. The number of aliphatic hydroxyl groups is 2. The highest BCUT2D eigenvalue weighted by Gasteiger charge is 2.19. The lowest BCUT2D eigenvalue weighted by Crippen LogP contribution is -2.21. The lowest BCUT2D eigenvalue weighted by molar-refractivity contribution is 0.0842. The Kier molecular flexibility index (Phi) is 5.62. The van der Waals surface area contributed by atoms with Gasteiger partial charge in [0.15, 0.2) is 11.5 Å². The molecule has 0 heterocycles. The molecule has 0 aliphatic rings. The summed E-state index contributed by atoms with van der Waals surface area (Å²) in [5, 5.41) is 38.3. The van der Waals surface area contributed by atoms with Gasteiger partial charge in [-0.05, 0) is 35.4 Å². The molecule has 0 aromatic heterocycles. The first-order valence-corrected chi connectivity index (χ1v) is 7.18. The number of hydrogen-bond acceptors (Lipinski definition) is 5. The fraction of sp³-hybridized carbons (Fsp3) is 0.222. The van der Waals surface area contributed by atoms with Crippen LogP contribution in [0, 0.1) is 0 Å². The lowest BCUT2D eigenvalue weighted by Gasteiger charge is -2.19. The topological polar surface area (TPSA) is 90.2 Å². The third kappa shape index (κ3) is 4.25. The molecule has 5 nitrogen and oxygen atoms in total. The van der Waals surface area contributed by atoms with Crippen LogP contribution in [0.4, 0.5) is 0 Å². The monoisotopic (exact) mass is 316 g/mol. The molecule has 0 aliphatic carbocycles. The smallest absolute Gasteiger partial charge is 0.160 e. The summed E-state index contributed by atoms with van der Waals surface area (Å²) in [4.78, 5) is 0. The Balaban J connectivity index is 2.31. The van der Waals surface area contributed by atoms with E-state index >= 15 is 0 Å². The highest BCUT2D eigenvalue weighted by atomic mass is 16.5. The van der Waals surface area contributed by atoms with Crippen molar-refractivity contribution in [1.29, 1.82) is 0 Å². The average molecular weight is 316 g/mol. The second-order valence-corrected chi connectivity index (χ2v) is 5.16. The van der Waals surface area contributed by atoms with Gasteiger partial charge >= 0.3 is 0 Å². The van der Waals surface area contributed by atoms with E-state index in [1.54, 1.807) is 48.6 Å². The minimum absolute atomic E-state index is 0.0102. The fourth-order valence-electron chi connectivity index (χ4n) is 2.28. The van der Waals surface area contributed by atoms with Crippen LogP contribution in [0.1, 0.15) is 17.0 Å². The first-order chi connectivity index (χ1) is 11.0. The molecule has 0 saturated heterocycles. The Labute approximate surface area is 134 Å². The number of phenolic OH excluding ortho intramolecular Hbond substituents is 2. The summed E-state index contributed by atoms with van der Waals surface area (Å²) in [6.45, 7) is -0.395. The van der Waals surface area contributed by atoms with E-state index in [0.717, 1.165) is 5.56 Å². The minimum atomic E-state index is -0.988. The van der Waals surface area contributed by atoms with Gasteiger partial charge in [0.25, 0.3) is 0 Å². The molecule has 4 N–H and O–H groups in total. The zero-order valence-electron chi connectivity index (χ0n) is 12.8. The van der Waals surface area contributed by atoms with Crippen LogP contribution < -0.4 is 4.74 Å². The number of aliphatic hydroxyl groups excluding tert-OH is 2. The molecule has 2 aromatic carbocycles. The Morgan fingerprint density at radius 2 is 1.78 bits per heavy atom. The van der Waals surface area contributed by atoms with Gasteiger partial charge in [-0.15, -0.1) is 0 Å². The molecule has 2 aromatic rings. The molecule has 23 heavy (non-hydrogen) atoms. The quantitative estimate of drug-likeness (QED) is 0.656. The van der Waals surface area contributed by atoms with Crippen molar-refractivity contribution in [3.05, 3.63) is 59.7 Å². The summed E-state index contributed by atoms with van der Waals surface area (Å²) >= 11 is 0. The Hall–Kier alpha value is -2.50. The maximum absolute atomic E-state index is 10.1. The lowest BCUT2D eigenvalue weighted by atomic mass is 9.92. The zero-order valence-corrected chi connectivity index (χ0v) is 12.8. The first kappa shape index (κ1) is 16.9. The number of benzene rings is 2. The van der Waals surface area contributed by atoms with Crippen LogP contribution in [0.15, 0.2) is 48.5 Å². The van der Waals surface area contributed by atoms with E-state index in [2.05, 4.69) is 0 Å². The maximum Gasteiger partial charge on any atom is 0.160 e. The molecular formula is C18H20O5. The summed E-state index contributed by atoms with van der Waals surface area (Å²) in [6.07, 6.45) is 2.57. The van der Waals surface area contributed by atoms with Crippen molar-refractivity contribution in [2.24, 2.45) is 0 Å². The van der Waals surface area contributed by atoms with Gasteiger partial charge in [-0.25, -0.2) is 0 Å². The van der Waals surface area contributed by atoms with Crippen molar-refractivity contribution in [3.8, 4) is 17.2 Å². The van der Waals surface area contributed by atoms with Crippen LogP contribution in [-0.4, -0.2) is 40.2 Å². The Morgan fingerprint density at radius 1 is 1.09 bits per heavy atom. The molecule has 0 radical (unpaired) electrons. The number of hydrogen-bond donors (Lipinski definition) is 4. The Morgan fingerprint density at radius 3 is 2.39 bits per heavy atom.